The van der Waals surface area contributed by atoms with E-state index in [2.05, 4.69) is 10.9 Å². The van der Waals surface area contributed by atoms with E-state index in [1.807, 2.05) is 19.1 Å². The Bertz CT molecular complexity index is 419. The zero-order chi connectivity index (χ0) is 13.5. The van der Waals surface area contributed by atoms with Crippen LogP contribution < -0.4 is 20.3 Å². The van der Waals surface area contributed by atoms with E-state index in [0.717, 1.165) is 22.6 Å². The first-order chi connectivity index (χ1) is 8.63. The minimum absolute atomic E-state index is 0.0481. The molecule has 1 aromatic carbocycles. The molecule has 0 atom stereocenters. The second kappa shape index (κ2) is 6.86. The first kappa shape index (κ1) is 14.3. The molecule has 5 nitrogen and oxygen atoms in total. The highest BCUT2D eigenvalue weighted by Crippen LogP contribution is 2.31. The summed E-state index contributed by atoms with van der Waals surface area (Å²) in [5.41, 5.74) is 7.10. The van der Waals surface area contributed by atoms with Crippen molar-refractivity contribution >= 4 is 5.91 Å². The van der Waals surface area contributed by atoms with Gasteiger partial charge in [0.1, 0.15) is 11.5 Å². The zero-order valence-corrected chi connectivity index (χ0v) is 11.3. The minimum atomic E-state index is -0.0481. The molecule has 0 saturated carbocycles. The van der Waals surface area contributed by atoms with Gasteiger partial charge < -0.3 is 9.47 Å². The first-order valence-corrected chi connectivity index (χ1v) is 5.80. The number of rotatable bonds is 6. The van der Waals surface area contributed by atoms with Crippen LogP contribution in [0.25, 0.3) is 0 Å². The van der Waals surface area contributed by atoms with Crippen LogP contribution in [0, 0.1) is 6.92 Å². The molecule has 5 heteroatoms. The van der Waals surface area contributed by atoms with Crippen molar-refractivity contribution in [3.8, 4) is 11.5 Å². The van der Waals surface area contributed by atoms with Gasteiger partial charge in [-0.15, -0.1) is 0 Å². The Morgan fingerprint density at radius 3 is 2.56 bits per heavy atom. The van der Waals surface area contributed by atoms with Gasteiger partial charge in [0.15, 0.2) is 0 Å². The Kier molecular flexibility index (Phi) is 5.45. The highest BCUT2D eigenvalue weighted by atomic mass is 16.5. The Morgan fingerprint density at radius 1 is 1.28 bits per heavy atom. The molecule has 0 bridgehead atoms. The lowest BCUT2D eigenvalue weighted by Crippen LogP contribution is -2.34. The van der Waals surface area contributed by atoms with Gasteiger partial charge in [0.25, 0.3) is 0 Å². The quantitative estimate of drug-likeness (QED) is 0.747. The number of methoxy groups -OCH3 is 2. The third-order valence-electron chi connectivity index (χ3n) is 2.75. The molecule has 1 amide bonds. The number of carbonyl (C=O) groups excluding carboxylic acids is 1. The number of aryl methyl sites for hydroxylation is 1. The number of benzene rings is 1. The van der Waals surface area contributed by atoms with Crippen LogP contribution in [-0.2, 0) is 11.2 Å². The van der Waals surface area contributed by atoms with Crippen LogP contribution >= 0.6 is 0 Å². The van der Waals surface area contributed by atoms with E-state index in [1.165, 1.54) is 0 Å². The Labute approximate surface area is 107 Å². The molecule has 0 aliphatic carbocycles. The summed E-state index contributed by atoms with van der Waals surface area (Å²) < 4.78 is 10.6. The largest absolute Gasteiger partial charge is 0.496 e. The van der Waals surface area contributed by atoms with Crippen LogP contribution in [0.15, 0.2) is 12.1 Å². The van der Waals surface area contributed by atoms with Crippen molar-refractivity contribution in [3.63, 3.8) is 0 Å². The summed E-state index contributed by atoms with van der Waals surface area (Å²) in [5, 5.41) is 0. The predicted molar refractivity (Wildman–Crippen MR) is 69.8 cm³/mol. The molecule has 0 aromatic heterocycles. The van der Waals surface area contributed by atoms with E-state index < -0.39 is 0 Å². The van der Waals surface area contributed by atoms with E-state index in [9.17, 15) is 4.79 Å². The molecule has 0 saturated heterocycles. The molecule has 0 heterocycles. The van der Waals surface area contributed by atoms with Gasteiger partial charge >= 0.3 is 0 Å². The monoisotopic (exact) mass is 252 g/mol. The molecule has 2 N–H and O–H groups in total. The number of nitrogens with one attached hydrogen (secondary N) is 2. The van der Waals surface area contributed by atoms with E-state index in [1.54, 1.807) is 21.3 Å². The SMILES string of the molecule is CNNC(=O)CCc1ccc(OC)c(C)c1OC. The standard InChI is InChI=1S/C13H20N2O3/c1-9-11(17-3)7-5-10(13(9)18-4)6-8-12(16)15-14-2/h5,7,14H,6,8H2,1-4H3,(H,15,16). The number of amides is 1. The van der Waals surface area contributed by atoms with E-state index in [-0.39, 0.29) is 5.91 Å². The Morgan fingerprint density at radius 2 is 2.00 bits per heavy atom. The molecule has 0 unspecified atom stereocenters. The van der Waals surface area contributed by atoms with Crippen molar-refractivity contribution in [1.82, 2.24) is 10.9 Å². The predicted octanol–water partition coefficient (Wildman–Crippen LogP) is 1.20. The fourth-order valence-electron chi connectivity index (χ4n) is 1.88. The fourth-order valence-corrected chi connectivity index (χ4v) is 1.88. The van der Waals surface area contributed by atoms with Gasteiger partial charge in [0, 0.05) is 19.0 Å². The van der Waals surface area contributed by atoms with E-state index in [4.69, 9.17) is 9.47 Å². The molecule has 0 spiro atoms. The summed E-state index contributed by atoms with van der Waals surface area (Å²) in [6.45, 7) is 1.94. The van der Waals surface area contributed by atoms with Crippen LogP contribution in [0.1, 0.15) is 17.5 Å². The second-order valence-electron chi connectivity index (χ2n) is 3.88. The topological polar surface area (TPSA) is 59.6 Å². The third kappa shape index (κ3) is 3.37. The molecule has 18 heavy (non-hydrogen) atoms. The summed E-state index contributed by atoms with van der Waals surface area (Å²) in [6.07, 6.45) is 1.03. The summed E-state index contributed by atoms with van der Waals surface area (Å²) in [6, 6.07) is 3.82. The lowest BCUT2D eigenvalue weighted by molar-refractivity contribution is -0.121. The molecule has 1 aromatic rings. The maximum atomic E-state index is 11.4. The van der Waals surface area contributed by atoms with Crippen molar-refractivity contribution < 1.29 is 14.3 Å². The molecular formula is C13H20N2O3. The first-order valence-electron chi connectivity index (χ1n) is 5.80. The molecule has 1 rings (SSSR count). The van der Waals surface area contributed by atoms with Crippen molar-refractivity contribution in [3.05, 3.63) is 23.3 Å². The van der Waals surface area contributed by atoms with Gasteiger partial charge in [-0.3, -0.25) is 10.2 Å². The van der Waals surface area contributed by atoms with Crippen molar-refractivity contribution in [2.24, 2.45) is 0 Å². The lowest BCUT2D eigenvalue weighted by Gasteiger charge is -2.14. The van der Waals surface area contributed by atoms with Gasteiger partial charge in [0.05, 0.1) is 14.2 Å². The normalized spacial score (nSPS) is 10.0. The molecule has 0 aliphatic rings. The summed E-state index contributed by atoms with van der Waals surface area (Å²) in [5.74, 6) is 1.52. The van der Waals surface area contributed by atoms with Crippen LogP contribution in [0.3, 0.4) is 0 Å². The summed E-state index contributed by atoms with van der Waals surface area (Å²) in [7, 11) is 4.91. The number of carbonyl (C=O) groups is 1. The minimum Gasteiger partial charge on any atom is -0.496 e. The molecule has 0 aliphatic heterocycles. The number of hydrogen-bond acceptors (Lipinski definition) is 4. The Balaban J connectivity index is 2.83. The smallest absolute Gasteiger partial charge is 0.234 e. The molecule has 0 radical (unpaired) electrons. The molecular weight excluding hydrogens is 232 g/mol. The maximum absolute atomic E-state index is 11.4. The van der Waals surface area contributed by atoms with Crippen LogP contribution in [0.4, 0.5) is 0 Å². The Hall–Kier alpha value is -1.75. The second-order valence-corrected chi connectivity index (χ2v) is 3.88. The maximum Gasteiger partial charge on any atom is 0.234 e. The van der Waals surface area contributed by atoms with Crippen LogP contribution in [0.2, 0.25) is 0 Å². The molecule has 0 fully saturated rings. The van der Waals surface area contributed by atoms with Crippen LogP contribution in [0.5, 0.6) is 11.5 Å². The van der Waals surface area contributed by atoms with E-state index in [0.29, 0.717) is 12.8 Å². The zero-order valence-electron chi connectivity index (χ0n) is 11.3. The highest BCUT2D eigenvalue weighted by Gasteiger charge is 2.12. The van der Waals surface area contributed by atoms with Gasteiger partial charge in [0.2, 0.25) is 5.91 Å². The third-order valence-corrected chi connectivity index (χ3v) is 2.75. The van der Waals surface area contributed by atoms with Gasteiger partial charge in [-0.05, 0) is 25.0 Å². The van der Waals surface area contributed by atoms with E-state index >= 15 is 0 Å². The molecule has 100 valence electrons. The summed E-state index contributed by atoms with van der Waals surface area (Å²) in [4.78, 5) is 11.4. The van der Waals surface area contributed by atoms with Crippen molar-refractivity contribution in [2.75, 3.05) is 21.3 Å². The van der Waals surface area contributed by atoms with Crippen LogP contribution in [-0.4, -0.2) is 27.2 Å². The lowest BCUT2D eigenvalue weighted by atomic mass is 10.0. The van der Waals surface area contributed by atoms with Crippen molar-refractivity contribution in [1.29, 1.82) is 0 Å². The average Bonchev–Trinajstić information content (AvgIpc) is 2.36. The van der Waals surface area contributed by atoms with Gasteiger partial charge in [-0.2, -0.15) is 0 Å². The fraction of sp³-hybridized carbons (Fsp3) is 0.462. The number of hydrazine groups is 1. The van der Waals surface area contributed by atoms with Gasteiger partial charge in [-0.25, -0.2) is 5.43 Å². The van der Waals surface area contributed by atoms with Gasteiger partial charge in [-0.1, -0.05) is 6.07 Å². The number of ether oxygens (including phenoxy) is 2. The highest BCUT2D eigenvalue weighted by molar-refractivity contribution is 5.75. The average molecular weight is 252 g/mol. The van der Waals surface area contributed by atoms with Crippen molar-refractivity contribution in [2.45, 2.75) is 19.8 Å². The number of hydrogen-bond donors (Lipinski definition) is 2. The summed E-state index contributed by atoms with van der Waals surface area (Å²) >= 11 is 0.